The first kappa shape index (κ1) is 12.2. The van der Waals surface area contributed by atoms with E-state index in [2.05, 4.69) is 30.3 Å². The molecule has 3 heteroatoms. The summed E-state index contributed by atoms with van der Waals surface area (Å²) in [4.78, 5) is 0. The van der Waals surface area contributed by atoms with E-state index in [-0.39, 0.29) is 0 Å². The average Bonchev–Trinajstić information content (AvgIpc) is 2.40. The van der Waals surface area contributed by atoms with Crippen LogP contribution in [-0.4, -0.2) is 14.7 Å². The van der Waals surface area contributed by atoms with E-state index >= 15 is 0 Å². The van der Waals surface area contributed by atoms with Crippen LogP contribution in [0.4, 0.5) is 0 Å². The molecule has 2 aromatic carbocycles. The van der Waals surface area contributed by atoms with Crippen molar-refractivity contribution in [2.75, 3.05) is 7.11 Å². The molecule has 0 fully saturated rings. The van der Waals surface area contributed by atoms with Gasteiger partial charge < -0.3 is 4.74 Å². The maximum Gasteiger partial charge on any atom is 0.118 e. The van der Waals surface area contributed by atoms with Gasteiger partial charge in [0.1, 0.15) is 13.3 Å². The number of rotatable bonds is 4. The van der Waals surface area contributed by atoms with Crippen LogP contribution in [0.3, 0.4) is 0 Å². The van der Waals surface area contributed by atoms with Crippen LogP contribution in [0.15, 0.2) is 48.5 Å². The molecule has 2 rings (SSSR count). The Morgan fingerprint density at radius 1 is 1.06 bits per heavy atom. The molecular formula is C14H14BOP. The first-order valence-corrected chi connectivity index (χ1v) is 6.58. The van der Waals surface area contributed by atoms with Crippen LogP contribution in [0, 0.1) is 0 Å². The lowest BCUT2D eigenvalue weighted by Gasteiger charge is -2.08. The quantitative estimate of drug-likeness (QED) is 0.589. The van der Waals surface area contributed by atoms with Crippen molar-refractivity contribution in [2.24, 2.45) is 0 Å². The molecule has 0 N–H and O–H groups in total. The van der Waals surface area contributed by atoms with E-state index in [1.807, 2.05) is 18.2 Å². The Morgan fingerprint density at radius 3 is 2.41 bits per heavy atom. The third kappa shape index (κ3) is 3.11. The minimum absolute atomic E-state index is 0.354. The molecule has 17 heavy (non-hydrogen) atoms. The number of benzene rings is 2. The van der Waals surface area contributed by atoms with Gasteiger partial charge in [0, 0.05) is 0 Å². The van der Waals surface area contributed by atoms with Crippen LogP contribution < -0.4 is 10.0 Å². The maximum absolute atomic E-state index is 5.76. The highest BCUT2D eigenvalue weighted by atomic mass is 31.1. The standard InChI is InChI=1S/C14H14BOP/c1-16-13-8-6-11(7-9-13)10-12-4-2-3-5-14(12)17-15/h2-9,17H,10H2,1H3. The van der Waals surface area contributed by atoms with E-state index in [1.54, 1.807) is 7.11 Å². The lowest BCUT2D eigenvalue weighted by Crippen LogP contribution is -2.04. The number of hydrogen-bond acceptors (Lipinski definition) is 1. The van der Waals surface area contributed by atoms with Gasteiger partial charge in [-0.15, -0.1) is 8.46 Å². The summed E-state index contributed by atoms with van der Waals surface area (Å²) in [6, 6.07) is 16.5. The molecule has 0 heterocycles. The molecule has 1 nitrogen and oxygen atoms in total. The molecule has 2 radical (unpaired) electrons. The highest BCUT2D eigenvalue weighted by molar-refractivity contribution is 7.73. The summed E-state index contributed by atoms with van der Waals surface area (Å²) in [5, 5.41) is 1.24. The van der Waals surface area contributed by atoms with Gasteiger partial charge in [-0.1, -0.05) is 36.4 Å². The number of methoxy groups -OCH3 is 1. The van der Waals surface area contributed by atoms with Crippen molar-refractivity contribution < 1.29 is 4.74 Å². The minimum atomic E-state index is 0.354. The molecule has 0 amide bonds. The van der Waals surface area contributed by atoms with E-state index in [1.165, 1.54) is 16.4 Å². The zero-order chi connectivity index (χ0) is 12.1. The smallest absolute Gasteiger partial charge is 0.118 e. The van der Waals surface area contributed by atoms with Crippen molar-refractivity contribution in [3.63, 3.8) is 0 Å². The highest BCUT2D eigenvalue weighted by Gasteiger charge is 2.01. The molecule has 0 aliphatic rings. The van der Waals surface area contributed by atoms with Gasteiger partial charge in [0.25, 0.3) is 0 Å². The van der Waals surface area contributed by atoms with Gasteiger partial charge in [0.15, 0.2) is 0 Å². The van der Waals surface area contributed by atoms with E-state index < -0.39 is 0 Å². The predicted molar refractivity (Wildman–Crippen MR) is 75.9 cm³/mol. The first-order valence-electron chi connectivity index (χ1n) is 5.51. The molecule has 0 bridgehead atoms. The van der Waals surface area contributed by atoms with Crippen molar-refractivity contribution in [3.8, 4) is 5.75 Å². The third-order valence-electron chi connectivity index (χ3n) is 2.73. The summed E-state index contributed by atoms with van der Waals surface area (Å²) < 4.78 is 5.15. The molecule has 0 spiro atoms. The van der Waals surface area contributed by atoms with E-state index in [0.29, 0.717) is 8.46 Å². The van der Waals surface area contributed by atoms with Crippen LogP contribution >= 0.6 is 8.46 Å². The molecule has 84 valence electrons. The lowest BCUT2D eigenvalue weighted by molar-refractivity contribution is 0.414. The molecule has 0 saturated heterocycles. The molecule has 0 aliphatic heterocycles. The summed E-state index contributed by atoms with van der Waals surface area (Å²) in [5.74, 6) is 0.891. The topological polar surface area (TPSA) is 9.23 Å². The second-order valence-corrected chi connectivity index (χ2v) is 4.65. The maximum atomic E-state index is 5.76. The summed E-state index contributed by atoms with van der Waals surface area (Å²) in [7, 11) is 7.79. The number of ether oxygens (including phenoxy) is 1. The first-order chi connectivity index (χ1) is 8.33. The summed E-state index contributed by atoms with van der Waals surface area (Å²) in [5.41, 5.74) is 2.58. The van der Waals surface area contributed by atoms with Crippen LogP contribution in [0.2, 0.25) is 0 Å². The van der Waals surface area contributed by atoms with Crippen LogP contribution in [0.1, 0.15) is 11.1 Å². The van der Waals surface area contributed by atoms with Crippen molar-refractivity contribution in [2.45, 2.75) is 6.42 Å². The van der Waals surface area contributed by atoms with Gasteiger partial charge in [0.2, 0.25) is 0 Å². The van der Waals surface area contributed by atoms with E-state index in [9.17, 15) is 0 Å². The average molecular weight is 240 g/mol. The van der Waals surface area contributed by atoms with Crippen molar-refractivity contribution in [3.05, 3.63) is 59.7 Å². The Bertz CT molecular complexity index is 482. The second-order valence-electron chi connectivity index (χ2n) is 3.83. The zero-order valence-corrected chi connectivity index (χ0v) is 10.8. The van der Waals surface area contributed by atoms with Gasteiger partial charge in [-0.3, -0.25) is 0 Å². The Morgan fingerprint density at radius 2 is 1.76 bits per heavy atom. The third-order valence-corrected chi connectivity index (χ3v) is 3.53. The summed E-state index contributed by atoms with van der Waals surface area (Å²) >= 11 is 0. The molecule has 1 unspecified atom stereocenters. The molecule has 1 atom stereocenters. The molecule has 0 aromatic heterocycles. The normalized spacial score (nSPS) is 10.9. The number of hydrogen-bond donors (Lipinski definition) is 0. The molecule has 2 aromatic rings. The fourth-order valence-electron chi connectivity index (χ4n) is 1.78. The lowest BCUT2D eigenvalue weighted by atomic mass is 10.1. The Hall–Kier alpha value is -1.27. The SMILES string of the molecule is [B]Pc1ccccc1Cc1ccc(OC)cc1. The Labute approximate surface area is 105 Å². The van der Waals surface area contributed by atoms with Crippen molar-refractivity contribution >= 4 is 21.3 Å². The zero-order valence-electron chi connectivity index (χ0n) is 9.81. The molecular weight excluding hydrogens is 226 g/mol. The molecule has 0 aliphatic carbocycles. The highest BCUT2D eigenvalue weighted by Crippen LogP contribution is 2.16. The van der Waals surface area contributed by atoms with Gasteiger partial charge >= 0.3 is 0 Å². The monoisotopic (exact) mass is 240 g/mol. The predicted octanol–water partition coefficient (Wildman–Crippen LogP) is 2.67. The summed E-state index contributed by atoms with van der Waals surface area (Å²) in [6.07, 6.45) is 0.921. The van der Waals surface area contributed by atoms with Crippen molar-refractivity contribution in [1.29, 1.82) is 0 Å². The Balaban J connectivity index is 2.19. The largest absolute Gasteiger partial charge is 0.497 e. The van der Waals surface area contributed by atoms with E-state index in [4.69, 9.17) is 12.3 Å². The van der Waals surface area contributed by atoms with Gasteiger partial charge in [-0.2, -0.15) is 0 Å². The minimum Gasteiger partial charge on any atom is -0.497 e. The van der Waals surface area contributed by atoms with Gasteiger partial charge in [-0.05, 0) is 35.0 Å². The van der Waals surface area contributed by atoms with Crippen LogP contribution in [0.5, 0.6) is 5.75 Å². The fourth-order valence-corrected chi connectivity index (χ4v) is 2.33. The van der Waals surface area contributed by atoms with Crippen LogP contribution in [0.25, 0.3) is 0 Å². The molecule has 0 saturated carbocycles. The van der Waals surface area contributed by atoms with Gasteiger partial charge in [-0.25, -0.2) is 0 Å². The van der Waals surface area contributed by atoms with Crippen LogP contribution in [-0.2, 0) is 6.42 Å². The van der Waals surface area contributed by atoms with Gasteiger partial charge in [0.05, 0.1) is 7.11 Å². The second kappa shape index (κ2) is 5.88. The Kier molecular flexibility index (Phi) is 4.22. The van der Waals surface area contributed by atoms with Crippen molar-refractivity contribution in [1.82, 2.24) is 0 Å². The fraction of sp³-hybridized carbons (Fsp3) is 0.143. The summed E-state index contributed by atoms with van der Waals surface area (Å²) in [6.45, 7) is 0. The van der Waals surface area contributed by atoms with E-state index in [0.717, 1.165) is 12.2 Å².